The highest BCUT2D eigenvalue weighted by Gasteiger charge is 2.65. The number of oxime groups is 1. The number of allylic oxidation sites excluding steroid dienone is 1. The molecule has 0 spiro atoms. The lowest BCUT2D eigenvalue weighted by Gasteiger charge is -2.60. The molecule has 4 aliphatic rings. The zero-order valence-electron chi connectivity index (χ0n) is 33.1. The molecule has 6 rings (SSSR count). The van der Waals surface area contributed by atoms with Crippen LogP contribution in [-0.2, 0) is 20.9 Å². The van der Waals surface area contributed by atoms with E-state index < -0.39 is 17.7 Å². The van der Waals surface area contributed by atoms with Gasteiger partial charge >= 0.3 is 0 Å². The topological polar surface area (TPSA) is 110 Å². The van der Waals surface area contributed by atoms with Crippen molar-refractivity contribution in [1.82, 2.24) is 4.90 Å². The lowest BCUT2D eigenvalue weighted by Crippen LogP contribution is -2.70. The average molecular weight is 773 g/mol. The van der Waals surface area contributed by atoms with Gasteiger partial charge in [-0.15, -0.1) is 6.58 Å². The maximum absolute atomic E-state index is 14.9. The molecule has 2 fully saturated rings. The molecule has 1 aliphatic heterocycles. The molecule has 2 N–H and O–H groups in total. The van der Waals surface area contributed by atoms with Gasteiger partial charge in [0, 0.05) is 44.1 Å². The molecule has 56 heavy (non-hydrogen) atoms. The molecule has 6 atom stereocenters. The van der Waals surface area contributed by atoms with Crippen LogP contribution in [0.4, 0.5) is 4.39 Å². The average Bonchev–Trinajstić information content (AvgIpc) is 3.74. The molecular formula is C46H61FN2O7. The zero-order valence-corrected chi connectivity index (χ0v) is 33.1. The van der Waals surface area contributed by atoms with E-state index >= 15 is 0 Å². The Hall–Kier alpha value is -3.99. The number of aliphatic hydroxyl groups is 2. The molecular weight excluding hydrogens is 712 g/mol. The quantitative estimate of drug-likeness (QED) is 0.0743. The molecule has 2 aromatic carbocycles. The fourth-order valence-corrected chi connectivity index (χ4v) is 9.93. The minimum Gasteiger partial charge on any atom is -0.490 e. The number of amides is 1. The molecule has 10 heteroatoms. The van der Waals surface area contributed by atoms with E-state index in [-0.39, 0.29) is 55.8 Å². The van der Waals surface area contributed by atoms with Crippen molar-refractivity contribution in [2.24, 2.45) is 28.8 Å². The Morgan fingerprint density at radius 1 is 1.00 bits per heavy atom. The third-order valence-electron chi connectivity index (χ3n) is 12.4. The number of benzene rings is 2. The van der Waals surface area contributed by atoms with Crippen LogP contribution in [0, 0.1) is 29.5 Å². The monoisotopic (exact) mass is 772 g/mol. The molecule has 1 amide bonds. The minimum absolute atomic E-state index is 0.00620. The van der Waals surface area contributed by atoms with E-state index in [0.717, 1.165) is 67.4 Å². The number of fused-ring (bicyclic) bond motifs is 2. The summed E-state index contributed by atoms with van der Waals surface area (Å²) in [4.78, 5) is 22.4. The molecule has 304 valence electrons. The van der Waals surface area contributed by atoms with Crippen LogP contribution in [0.2, 0.25) is 0 Å². The number of hydrogen-bond donors (Lipinski definition) is 2. The van der Waals surface area contributed by atoms with Gasteiger partial charge in [0.25, 0.3) is 0 Å². The van der Waals surface area contributed by atoms with Crippen molar-refractivity contribution in [3.05, 3.63) is 96.4 Å². The van der Waals surface area contributed by atoms with Gasteiger partial charge in [-0.2, -0.15) is 0 Å². The summed E-state index contributed by atoms with van der Waals surface area (Å²) >= 11 is 0. The molecule has 1 heterocycles. The molecule has 2 saturated carbocycles. The smallest absolute Gasteiger partial charge is 0.239 e. The van der Waals surface area contributed by atoms with E-state index in [0.29, 0.717) is 49.7 Å². The molecule has 0 bridgehead atoms. The van der Waals surface area contributed by atoms with Crippen molar-refractivity contribution < 1.29 is 38.4 Å². The summed E-state index contributed by atoms with van der Waals surface area (Å²) in [5, 5.41) is 24.4. The predicted octanol–water partition coefficient (Wildman–Crippen LogP) is 8.65. The van der Waals surface area contributed by atoms with Gasteiger partial charge in [-0.05, 0) is 91.3 Å². The van der Waals surface area contributed by atoms with Crippen LogP contribution < -0.4 is 9.47 Å². The summed E-state index contributed by atoms with van der Waals surface area (Å²) < 4.78 is 34.7. The van der Waals surface area contributed by atoms with Crippen LogP contribution in [0.3, 0.4) is 0 Å². The van der Waals surface area contributed by atoms with Gasteiger partial charge in [0.2, 0.25) is 11.7 Å². The molecule has 3 aliphatic carbocycles. The Morgan fingerprint density at radius 3 is 2.43 bits per heavy atom. The van der Waals surface area contributed by atoms with Gasteiger partial charge in [-0.25, -0.2) is 4.39 Å². The largest absolute Gasteiger partial charge is 0.490 e. The zero-order chi connectivity index (χ0) is 39.5. The maximum atomic E-state index is 14.9. The first-order valence-corrected chi connectivity index (χ1v) is 20.8. The molecule has 0 saturated heterocycles. The molecule has 9 nitrogen and oxygen atoms in total. The van der Waals surface area contributed by atoms with E-state index in [1.807, 2.05) is 17.0 Å². The van der Waals surface area contributed by atoms with Gasteiger partial charge in [-0.3, -0.25) is 4.79 Å². The number of unbranched alkanes of at least 4 members (excludes halogenated alkanes) is 2. The SMILES string of the molecule is C=CCOc1ccc2c(c1)[C@H]1[C@H](CCCCO)[C@@H](CCCCO)C=C3C(=NOC)C[C@H](N(Cc4ccc(F)cc4)C(=O)CCC4CCCC4)[C@@](OCC=C)(O2)[C@H]31. The van der Waals surface area contributed by atoms with E-state index in [1.165, 1.54) is 25.0 Å². The van der Waals surface area contributed by atoms with Gasteiger partial charge in [0.05, 0.1) is 18.2 Å². The summed E-state index contributed by atoms with van der Waals surface area (Å²) in [5.41, 5.74) is 3.52. The van der Waals surface area contributed by atoms with E-state index in [9.17, 15) is 19.4 Å². The first-order chi connectivity index (χ1) is 27.4. The number of carbonyl (C=O) groups excluding carboxylic acids is 1. The van der Waals surface area contributed by atoms with Crippen molar-refractivity contribution >= 4 is 11.6 Å². The number of carbonyl (C=O) groups is 1. The summed E-state index contributed by atoms with van der Waals surface area (Å²) in [5.74, 6) is -0.157. The Morgan fingerprint density at radius 2 is 1.73 bits per heavy atom. The summed E-state index contributed by atoms with van der Waals surface area (Å²) in [7, 11) is 1.55. The predicted molar refractivity (Wildman–Crippen MR) is 216 cm³/mol. The van der Waals surface area contributed by atoms with Gasteiger partial charge < -0.3 is 34.2 Å². The highest BCUT2D eigenvalue weighted by Crippen LogP contribution is 2.62. The van der Waals surface area contributed by atoms with E-state index in [2.05, 4.69) is 25.3 Å². The van der Waals surface area contributed by atoms with Crippen LogP contribution in [0.25, 0.3) is 0 Å². The third-order valence-corrected chi connectivity index (χ3v) is 12.4. The van der Waals surface area contributed by atoms with Crippen LogP contribution >= 0.6 is 0 Å². The molecule has 0 aromatic heterocycles. The highest BCUT2D eigenvalue weighted by molar-refractivity contribution is 6.03. The van der Waals surface area contributed by atoms with Gasteiger partial charge in [0.15, 0.2) is 0 Å². The van der Waals surface area contributed by atoms with Gasteiger partial charge in [-0.1, -0.05) is 80.6 Å². The van der Waals surface area contributed by atoms with Crippen molar-refractivity contribution in [3.8, 4) is 11.5 Å². The third kappa shape index (κ3) is 9.24. The second-order valence-corrected chi connectivity index (χ2v) is 15.9. The number of halogens is 1. The van der Waals surface area contributed by atoms with Crippen molar-refractivity contribution in [3.63, 3.8) is 0 Å². The number of hydrogen-bond acceptors (Lipinski definition) is 8. The van der Waals surface area contributed by atoms with E-state index in [1.54, 1.807) is 31.4 Å². The van der Waals surface area contributed by atoms with Crippen LogP contribution in [0.5, 0.6) is 11.5 Å². The Bertz CT molecular complexity index is 1690. The second kappa shape index (κ2) is 19.9. The summed E-state index contributed by atoms with van der Waals surface area (Å²) in [6, 6.07) is 11.6. The van der Waals surface area contributed by atoms with Crippen LogP contribution in [0.1, 0.15) is 101 Å². The lowest BCUT2D eigenvalue weighted by molar-refractivity contribution is -0.258. The minimum atomic E-state index is -1.36. The Balaban J connectivity index is 1.56. The highest BCUT2D eigenvalue weighted by atomic mass is 19.1. The first kappa shape index (κ1) is 41.6. The summed E-state index contributed by atoms with van der Waals surface area (Å²) in [6.45, 7) is 8.87. The van der Waals surface area contributed by atoms with Crippen molar-refractivity contribution in [2.45, 2.75) is 108 Å². The number of ether oxygens (including phenoxy) is 3. The molecule has 0 radical (unpaired) electrons. The Kier molecular flexibility index (Phi) is 14.8. The number of aliphatic hydroxyl groups excluding tert-OH is 2. The fourth-order valence-electron chi connectivity index (χ4n) is 9.93. The van der Waals surface area contributed by atoms with Crippen LogP contribution in [-0.4, -0.2) is 72.1 Å². The van der Waals surface area contributed by atoms with Gasteiger partial charge in [0.1, 0.15) is 37.1 Å². The normalized spacial score (nSPS) is 26.1. The number of rotatable bonds is 21. The fraction of sp³-hybridized carbons (Fsp3) is 0.565. The maximum Gasteiger partial charge on any atom is 0.239 e. The Labute approximate surface area is 332 Å². The first-order valence-electron chi connectivity index (χ1n) is 20.8. The van der Waals surface area contributed by atoms with Crippen molar-refractivity contribution in [1.29, 1.82) is 0 Å². The van der Waals surface area contributed by atoms with Crippen molar-refractivity contribution in [2.75, 3.05) is 33.5 Å². The second-order valence-electron chi connectivity index (χ2n) is 15.9. The molecule has 2 aromatic rings. The lowest BCUT2D eigenvalue weighted by atomic mass is 9.55. The van der Waals surface area contributed by atoms with E-state index in [4.69, 9.17) is 24.2 Å². The molecule has 0 unspecified atom stereocenters. The summed E-state index contributed by atoms with van der Waals surface area (Å²) in [6.07, 6.45) is 16.7. The standard InChI is InChI=1S/C46H61FN2O7/c1-4-26-54-36-21-22-41-39(29-36)44-37(15-9-11-25-51)34(14-8-10-24-50)28-38-40(48-53-3)30-42(46(56-41,45(38)44)55-27-5-2)49(31-33-16-19-35(47)20-17-33)43(52)23-18-32-12-6-7-13-32/h4-5,16-17,19-22,28-29,32,34,37,42,44-45,50-51H,1-2,6-15,18,23-27,30-31H2,3H3/t34-,37+,42-,44+,45+,46+/m0/s1. The number of nitrogens with zero attached hydrogens (tertiary/aromatic N) is 2. The van der Waals surface area contributed by atoms with Crippen LogP contribution in [0.15, 0.2) is 84.6 Å².